The van der Waals surface area contributed by atoms with Gasteiger partial charge in [0.2, 0.25) is 10.0 Å². The van der Waals surface area contributed by atoms with Crippen molar-refractivity contribution in [3.63, 3.8) is 0 Å². The monoisotopic (exact) mass is 512 g/mol. The van der Waals surface area contributed by atoms with Gasteiger partial charge in [0.15, 0.2) is 11.5 Å². The number of nitrogens with one attached hydrogen (secondary N) is 3. The van der Waals surface area contributed by atoms with Crippen molar-refractivity contribution >= 4 is 38.8 Å². The van der Waals surface area contributed by atoms with Gasteiger partial charge in [0.1, 0.15) is 4.58 Å². The molecule has 3 aliphatic rings. The lowest BCUT2D eigenvalue weighted by molar-refractivity contribution is 0.569. The lowest BCUT2D eigenvalue weighted by Crippen LogP contribution is -2.35. The lowest BCUT2D eigenvalue weighted by Gasteiger charge is -2.17. The lowest BCUT2D eigenvalue weighted by atomic mass is 10.1. The molecule has 0 saturated heterocycles. The average Bonchev–Trinajstić information content (AvgIpc) is 3.19. The highest BCUT2D eigenvalue weighted by atomic mass is 32.3. The van der Waals surface area contributed by atoms with Crippen LogP contribution in [0.15, 0.2) is 42.0 Å². The minimum atomic E-state index is -3.42. The van der Waals surface area contributed by atoms with E-state index in [1.807, 2.05) is 49.2 Å². The van der Waals surface area contributed by atoms with Gasteiger partial charge in [0.05, 0.1) is 28.8 Å². The molecule has 3 aromatic rings. The Morgan fingerprint density at radius 1 is 1.23 bits per heavy atom. The number of nitrogens with zero attached hydrogens (tertiary/aromatic N) is 5. The molecule has 0 spiro atoms. The molecule has 5 heterocycles. The van der Waals surface area contributed by atoms with Crippen LogP contribution in [0.4, 0.5) is 5.82 Å². The molecule has 12 heteroatoms. The average molecular weight is 513 g/mol. The van der Waals surface area contributed by atoms with Gasteiger partial charge >= 0.3 is 0 Å². The third kappa shape index (κ3) is 4.51. The van der Waals surface area contributed by atoms with Gasteiger partial charge in [0, 0.05) is 43.5 Å². The predicted octanol–water partition coefficient (Wildman–Crippen LogP) is 2.55. The van der Waals surface area contributed by atoms with Crippen molar-refractivity contribution in [1.82, 2.24) is 34.2 Å². The minimum absolute atomic E-state index is 0.0935. The second-order valence-electron chi connectivity index (χ2n) is 9.35. The summed E-state index contributed by atoms with van der Waals surface area (Å²) in [5.41, 5.74) is 4.53. The molecular weight excluding hydrogens is 484 g/mol. The van der Waals surface area contributed by atoms with Crippen LogP contribution in [0.1, 0.15) is 31.9 Å². The Morgan fingerprint density at radius 3 is 2.80 bits per heavy atom. The molecule has 3 aromatic heterocycles. The molecule has 2 atom stereocenters. The van der Waals surface area contributed by atoms with Crippen LogP contribution in [-0.4, -0.2) is 56.3 Å². The summed E-state index contributed by atoms with van der Waals surface area (Å²) < 4.78 is 31.8. The number of allylic oxidation sites excluding steroid dienone is 1. The molecule has 184 valence electrons. The van der Waals surface area contributed by atoms with Crippen LogP contribution >= 0.6 is 11.8 Å². The maximum atomic E-state index is 12.9. The van der Waals surface area contributed by atoms with E-state index in [9.17, 15) is 8.42 Å². The summed E-state index contributed by atoms with van der Waals surface area (Å²) >= 11 is 1.33. The van der Waals surface area contributed by atoms with Gasteiger partial charge in [-0.1, -0.05) is 24.8 Å². The quantitative estimate of drug-likeness (QED) is 0.442. The molecule has 2 aliphatic heterocycles. The van der Waals surface area contributed by atoms with Crippen LogP contribution in [-0.2, 0) is 17.1 Å². The van der Waals surface area contributed by atoms with Crippen LogP contribution in [0.3, 0.4) is 0 Å². The van der Waals surface area contributed by atoms with Gasteiger partial charge in [0.25, 0.3) is 0 Å². The normalized spacial score (nSPS) is 22.9. The summed E-state index contributed by atoms with van der Waals surface area (Å²) in [6.07, 6.45) is 14.6. The smallest absolute Gasteiger partial charge is 0.225 e. The number of hydrogen-bond acceptors (Lipinski definition) is 8. The summed E-state index contributed by atoms with van der Waals surface area (Å²) in [4.78, 5) is 9.59. The molecular formula is C23H28N8O2S2. The van der Waals surface area contributed by atoms with Gasteiger partial charge in [-0.25, -0.2) is 23.1 Å². The van der Waals surface area contributed by atoms with E-state index in [4.69, 9.17) is 4.98 Å². The Balaban J connectivity index is 1.36. The molecule has 2 unspecified atom stereocenters. The third-order valence-electron chi connectivity index (χ3n) is 6.39. The number of anilines is 1. The molecule has 1 saturated carbocycles. The zero-order valence-electron chi connectivity index (χ0n) is 19.6. The fourth-order valence-corrected chi connectivity index (χ4v) is 7.91. The molecule has 0 amide bonds. The first-order chi connectivity index (χ1) is 16.9. The third-order valence-corrected chi connectivity index (χ3v) is 10.3. The number of thioether (sulfide) groups is 1. The predicted molar refractivity (Wildman–Crippen MR) is 138 cm³/mol. The van der Waals surface area contributed by atoms with E-state index in [0.717, 1.165) is 59.9 Å². The van der Waals surface area contributed by atoms with Crippen molar-refractivity contribution in [1.29, 1.82) is 0 Å². The highest BCUT2D eigenvalue weighted by molar-refractivity contribution is 8.15. The van der Waals surface area contributed by atoms with Crippen LogP contribution in [0.5, 0.6) is 0 Å². The molecule has 0 bridgehead atoms. The first-order valence-corrected chi connectivity index (χ1v) is 14.2. The van der Waals surface area contributed by atoms with Gasteiger partial charge < -0.3 is 10.6 Å². The molecule has 3 N–H and O–H groups in total. The van der Waals surface area contributed by atoms with Crippen LogP contribution in [0, 0.1) is 5.92 Å². The van der Waals surface area contributed by atoms with E-state index in [-0.39, 0.29) is 12.0 Å². The molecule has 0 aromatic carbocycles. The highest BCUT2D eigenvalue weighted by Crippen LogP contribution is 2.41. The van der Waals surface area contributed by atoms with Crippen molar-refractivity contribution in [3.8, 4) is 11.3 Å². The summed E-state index contributed by atoms with van der Waals surface area (Å²) in [6, 6.07) is 0.0935. The highest BCUT2D eigenvalue weighted by Gasteiger charge is 2.39. The van der Waals surface area contributed by atoms with E-state index < -0.39 is 14.6 Å². The standard InChI is InChI=1S/C23H28N8O2S2/c1-14-8-20(34-23(14)35(32,33)29-17-5-6-17)28-21-22-25-11-19(16-10-26-30(2)12-16)31(22)13-18(27-21)15-4-3-7-24-9-15/h4,8,10-14,17,23-24,29H,3,5-7,9H2,1-2H3,(H,27,28). The van der Waals surface area contributed by atoms with Crippen LogP contribution < -0.4 is 15.4 Å². The van der Waals surface area contributed by atoms with E-state index in [1.54, 1.807) is 4.68 Å². The molecule has 10 nitrogen and oxygen atoms in total. The molecule has 1 fully saturated rings. The molecule has 6 rings (SSSR count). The van der Waals surface area contributed by atoms with Gasteiger partial charge in [-0.05, 0) is 37.5 Å². The second kappa shape index (κ2) is 8.77. The van der Waals surface area contributed by atoms with Crippen LogP contribution in [0.2, 0.25) is 0 Å². The van der Waals surface area contributed by atoms with Crippen molar-refractivity contribution in [2.24, 2.45) is 13.0 Å². The second-order valence-corrected chi connectivity index (χ2v) is 12.7. The topological polar surface area (TPSA) is 118 Å². The number of sulfonamides is 1. The van der Waals surface area contributed by atoms with Crippen molar-refractivity contribution in [2.75, 3.05) is 18.4 Å². The fraction of sp³-hybridized carbons (Fsp3) is 0.435. The zero-order chi connectivity index (χ0) is 24.2. The summed E-state index contributed by atoms with van der Waals surface area (Å²) in [5, 5.41) is 11.9. The van der Waals surface area contributed by atoms with Crippen LogP contribution in [0.25, 0.3) is 22.5 Å². The summed E-state index contributed by atoms with van der Waals surface area (Å²) in [6.45, 7) is 3.64. The number of imidazole rings is 1. The number of fused-ring (bicyclic) bond motifs is 1. The van der Waals surface area contributed by atoms with E-state index in [2.05, 4.69) is 31.5 Å². The Morgan fingerprint density at radius 2 is 2.09 bits per heavy atom. The van der Waals surface area contributed by atoms with E-state index >= 15 is 0 Å². The molecule has 35 heavy (non-hydrogen) atoms. The first kappa shape index (κ1) is 22.8. The first-order valence-electron chi connectivity index (χ1n) is 11.8. The SMILES string of the molecule is CC1C=C(Nc2nc(C3=CCCNC3)cn3c(-c4cnn(C)c4)cnc23)SC1S(=O)(=O)NC1CC1. The maximum Gasteiger partial charge on any atom is 0.225 e. The molecule has 1 aliphatic carbocycles. The number of rotatable bonds is 7. The summed E-state index contributed by atoms with van der Waals surface area (Å²) in [5.74, 6) is 0.470. The van der Waals surface area contributed by atoms with Gasteiger partial charge in [-0.3, -0.25) is 9.08 Å². The minimum Gasteiger partial charge on any atom is -0.332 e. The largest absolute Gasteiger partial charge is 0.332 e. The Bertz CT molecular complexity index is 1450. The number of aromatic nitrogens is 5. The van der Waals surface area contributed by atoms with E-state index in [0.29, 0.717) is 11.5 Å². The van der Waals surface area contributed by atoms with Crippen molar-refractivity contribution < 1.29 is 8.42 Å². The van der Waals surface area contributed by atoms with Gasteiger partial charge in [-0.15, -0.1) is 0 Å². The van der Waals surface area contributed by atoms with Gasteiger partial charge in [-0.2, -0.15) is 5.10 Å². The summed E-state index contributed by atoms with van der Waals surface area (Å²) in [7, 11) is -1.53. The fourth-order valence-electron chi connectivity index (χ4n) is 4.46. The molecule has 0 radical (unpaired) electrons. The Hall–Kier alpha value is -2.67. The number of aryl methyl sites for hydroxylation is 1. The maximum absolute atomic E-state index is 12.9. The zero-order valence-corrected chi connectivity index (χ0v) is 21.2. The van der Waals surface area contributed by atoms with Crippen molar-refractivity contribution in [3.05, 3.63) is 47.7 Å². The number of hydrogen-bond donors (Lipinski definition) is 3. The van der Waals surface area contributed by atoms with Crippen molar-refractivity contribution in [2.45, 2.75) is 36.8 Å². The Labute approximate surface area is 208 Å². The Kier molecular flexibility index (Phi) is 5.71. The van der Waals surface area contributed by atoms with E-state index in [1.165, 1.54) is 11.8 Å².